The molecule has 0 bridgehead atoms. The molecule has 2 nitrogen and oxygen atoms in total. The normalized spacial score (nSPS) is 11.7. The Bertz CT molecular complexity index is 294. The smallest absolute Gasteiger partial charge is 0.214 e. The van der Waals surface area contributed by atoms with Crippen molar-refractivity contribution in [2.75, 3.05) is 0 Å². The van der Waals surface area contributed by atoms with E-state index in [1.807, 2.05) is 6.92 Å². The first kappa shape index (κ1) is 9.52. The van der Waals surface area contributed by atoms with Gasteiger partial charge < -0.3 is 4.42 Å². The van der Waals surface area contributed by atoms with Crippen molar-refractivity contribution in [2.24, 2.45) is 0 Å². The van der Waals surface area contributed by atoms with Crippen LogP contribution in [0.25, 0.3) is 0 Å². The molecule has 1 heterocycles. The molecular weight excluding hydrogens is 220 g/mol. The molecule has 1 rings (SSSR count). The molecule has 0 saturated carbocycles. The Labute approximate surface area is 80.1 Å². The van der Waals surface area contributed by atoms with Crippen molar-refractivity contribution in [3.63, 3.8) is 0 Å². The van der Waals surface area contributed by atoms with Crippen LogP contribution in [0.2, 0.25) is 0 Å². The second-order valence-electron chi connectivity index (χ2n) is 3.21. The van der Waals surface area contributed by atoms with E-state index in [9.17, 15) is 4.79 Å². The molecule has 0 unspecified atom stereocenters. The van der Waals surface area contributed by atoms with Gasteiger partial charge in [-0.05, 0) is 32.9 Å². The number of ketones is 1. The van der Waals surface area contributed by atoms with Crippen molar-refractivity contribution in [2.45, 2.75) is 25.1 Å². The second-order valence-corrected chi connectivity index (χ2v) is 5.19. The van der Waals surface area contributed by atoms with Gasteiger partial charge in [0.15, 0.2) is 5.76 Å². The van der Waals surface area contributed by atoms with Gasteiger partial charge in [-0.1, -0.05) is 15.9 Å². The first-order chi connectivity index (χ1) is 5.41. The molecule has 3 heteroatoms. The number of hydrogen-bond donors (Lipinski definition) is 0. The monoisotopic (exact) mass is 230 g/mol. The molecule has 12 heavy (non-hydrogen) atoms. The molecule has 0 spiro atoms. The predicted octanol–water partition coefficient (Wildman–Crippen LogP) is 2.94. The Balaban J connectivity index is 2.93. The Morgan fingerprint density at radius 1 is 1.50 bits per heavy atom. The summed E-state index contributed by atoms with van der Waals surface area (Å²) in [6.45, 7) is 5.42. The van der Waals surface area contributed by atoms with E-state index >= 15 is 0 Å². The van der Waals surface area contributed by atoms with Gasteiger partial charge in [-0.2, -0.15) is 0 Å². The standard InChI is InChI=1S/C9H11BrO2/c1-6-4-5-7(12-6)8(11)9(2,3)10/h4-5H,1-3H3. The fraction of sp³-hybridized carbons (Fsp3) is 0.444. The van der Waals surface area contributed by atoms with E-state index < -0.39 is 4.32 Å². The average Bonchev–Trinajstić information content (AvgIpc) is 2.32. The number of aryl methyl sites for hydroxylation is 1. The summed E-state index contributed by atoms with van der Waals surface area (Å²) in [4.78, 5) is 11.5. The third-order valence-corrected chi connectivity index (χ3v) is 1.86. The van der Waals surface area contributed by atoms with Crippen LogP contribution < -0.4 is 0 Å². The van der Waals surface area contributed by atoms with Crippen molar-refractivity contribution in [1.82, 2.24) is 0 Å². The van der Waals surface area contributed by atoms with Crippen molar-refractivity contribution in [3.05, 3.63) is 23.7 Å². The lowest BCUT2D eigenvalue weighted by Crippen LogP contribution is -2.23. The summed E-state index contributed by atoms with van der Waals surface area (Å²) in [6.07, 6.45) is 0. The topological polar surface area (TPSA) is 30.2 Å². The quantitative estimate of drug-likeness (QED) is 0.578. The predicted molar refractivity (Wildman–Crippen MR) is 50.8 cm³/mol. The average molecular weight is 231 g/mol. The van der Waals surface area contributed by atoms with Crippen LogP contribution in [-0.2, 0) is 0 Å². The molecule has 0 aromatic carbocycles. The number of rotatable bonds is 2. The number of furan rings is 1. The minimum atomic E-state index is -0.544. The van der Waals surface area contributed by atoms with E-state index in [2.05, 4.69) is 15.9 Å². The van der Waals surface area contributed by atoms with Crippen LogP contribution in [-0.4, -0.2) is 10.1 Å². The molecular formula is C9H11BrO2. The molecule has 0 aliphatic heterocycles. The van der Waals surface area contributed by atoms with Crippen LogP contribution in [0.1, 0.15) is 30.2 Å². The van der Waals surface area contributed by atoms with Crippen molar-refractivity contribution < 1.29 is 9.21 Å². The molecule has 0 saturated heterocycles. The Morgan fingerprint density at radius 3 is 2.42 bits per heavy atom. The summed E-state index contributed by atoms with van der Waals surface area (Å²) >= 11 is 3.28. The van der Waals surface area contributed by atoms with E-state index in [0.717, 1.165) is 5.76 Å². The largest absolute Gasteiger partial charge is 0.458 e. The minimum Gasteiger partial charge on any atom is -0.458 e. The van der Waals surface area contributed by atoms with E-state index in [1.165, 1.54) is 0 Å². The van der Waals surface area contributed by atoms with Gasteiger partial charge in [0.2, 0.25) is 5.78 Å². The molecule has 66 valence electrons. The third kappa shape index (κ3) is 1.97. The highest BCUT2D eigenvalue weighted by Gasteiger charge is 2.27. The number of carbonyl (C=O) groups excluding carboxylic acids is 1. The van der Waals surface area contributed by atoms with Gasteiger partial charge in [-0.3, -0.25) is 4.79 Å². The van der Waals surface area contributed by atoms with Gasteiger partial charge in [-0.15, -0.1) is 0 Å². The Morgan fingerprint density at radius 2 is 2.08 bits per heavy atom. The molecule has 0 atom stereocenters. The molecule has 0 aliphatic carbocycles. The third-order valence-electron chi connectivity index (χ3n) is 1.50. The SMILES string of the molecule is Cc1ccc(C(=O)C(C)(C)Br)o1. The van der Waals surface area contributed by atoms with Gasteiger partial charge in [-0.25, -0.2) is 0 Å². The highest BCUT2D eigenvalue weighted by atomic mass is 79.9. The summed E-state index contributed by atoms with van der Waals surface area (Å²) in [6, 6.07) is 3.48. The summed E-state index contributed by atoms with van der Waals surface area (Å²) < 4.78 is 4.65. The molecule has 0 amide bonds. The van der Waals surface area contributed by atoms with Crippen LogP contribution in [0.15, 0.2) is 16.5 Å². The summed E-state index contributed by atoms with van der Waals surface area (Å²) in [5, 5.41) is 0. The minimum absolute atomic E-state index is 0.0319. The van der Waals surface area contributed by atoms with Gasteiger partial charge in [0.25, 0.3) is 0 Å². The number of Topliss-reactive ketones (excluding diaryl/α,β-unsaturated/α-hetero) is 1. The molecule has 0 aliphatic rings. The van der Waals surface area contributed by atoms with Crippen LogP contribution >= 0.6 is 15.9 Å². The lowest BCUT2D eigenvalue weighted by atomic mass is 10.1. The van der Waals surface area contributed by atoms with Crippen LogP contribution in [0.5, 0.6) is 0 Å². The van der Waals surface area contributed by atoms with Gasteiger partial charge in [0, 0.05) is 0 Å². The van der Waals surface area contributed by atoms with Crippen molar-refractivity contribution in [3.8, 4) is 0 Å². The first-order valence-corrected chi connectivity index (χ1v) is 4.51. The van der Waals surface area contributed by atoms with Gasteiger partial charge in [0.05, 0.1) is 4.32 Å². The fourth-order valence-electron chi connectivity index (χ4n) is 0.850. The molecule has 1 aromatic rings. The fourth-order valence-corrected chi connectivity index (χ4v) is 1.04. The van der Waals surface area contributed by atoms with E-state index in [0.29, 0.717) is 5.76 Å². The molecule has 1 aromatic heterocycles. The summed E-state index contributed by atoms with van der Waals surface area (Å²) in [5.41, 5.74) is 0. The lowest BCUT2D eigenvalue weighted by Gasteiger charge is -2.11. The zero-order valence-corrected chi connectivity index (χ0v) is 8.94. The second kappa shape index (κ2) is 3.05. The highest BCUT2D eigenvalue weighted by molar-refractivity contribution is 9.10. The lowest BCUT2D eigenvalue weighted by molar-refractivity contribution is 0.0932. The zero-order chi connectivity index (χ0) is 9.35. The summed E-state index contributed by atoms with van der Waals surface area (Å²) in [7, 11) is 0. The number of hydrogen-bond acceptors (Lipinski definition) is 2. The van der Waals surface area contributed by atoms with Crippen LogP contribution in [0, 0.1) is 6.92 Å². The van der Waals surface area contributed by atoms with Crippen LogP contribution in [0.3, 0.4) is 0 Å². The van der Waals surface area contributed by atoms with E-state index in [4.69, 9.17) is 4.42 Å². The van der Waals surface area contributed by atoms with Crippen LogP contribution in [0.4, 0.5) is 0 Å². The maximum Gasteiger partial charge on any atom is 0.214 e. The molecule has 0 radical (unpaired) electrons. The zero-order valence-electron chi connectivity index (χ0n) is 7.35. The maximum atomic E-state index is 11.5. The highest BCUT2D eigenvalue weighted by Crippen LogP contribution is 2.22. The number of alkyl halides is 1. The number of halogens is 1. The first-order valence-electron chi connectivity index (χ1n) is 3.71. The van der Waals surface area contributed by atoms with Gasteiger partial charge in [0.1, 0.15) is 5.76 Å². The molecule has 0 N–H and O–H groups in total. The van der Waals surface area contributed by atoms with E-state index in [-0.39, 0.29) is 5.78 Å². The Hall–Kier alpha value is -0.570. The van der Waals surface area contributed by atoms with Gasteiger partial charge >= 0.3 is 0 Å². The van der Waals surface area contributed by atoms with Crippen molar-refractivity contribution >= 4 is 21.7 Å². The molecule has 0 fully saturated rings. The maximum absolute atomic E-state index is 11.5. The summed E-state index contributed by atoms with van der Waals surface area (Å²) in [5.74, 6) is 1.14. The van der Waals surface area contributed by atoms with E-state index in [1.54, 1.807) is 26.0 Å². The van der Waals surface area contributed by atoms with Crippen molar-refractivity contribution in [1.29, 1.82) is 0 Å². The number of carbonyl (C=O) groups is 1. The Kier molecular flexibility index (Phi) is 2.42.